The van der Waals surface area contributed by atoms with Gasteiger partial charge in [-0.25, -0.2) is 0 Å². The van der Waals surface area contributed by atoms with Crippen LogP contribution in [0.2, 0.25) is 0 Å². The van der Waals surface area contributed by atoms with Crippen molar-refractivity contribution in [3.63, 3.8) is 0 Å². The molecule has 0 aliphatic carbocycles. The van der Waals surface area contributed by atoms with E-state index in [0.717, 1.165) is 16.7 Å². The Kier molecular flexibility index (Phi) is 8.24. The molecule has 0 bridgehead atoms. The number of aryl methyl sites for hydroxylation is 1. The van der Waals surface area contributed by atoms with Gasteiger partial charge in [-0.3, -0.25) is 9.59 Å². The standard InChI is InChI=1S/C24H32N2O2/c1-5-23(27)26(17-21-13-9-10-19(4)14-21)22(24(28)25-16-18(2)3)15-20-11-7-6-8-12-20/h6-14,18,22H,5,15-17H2,1-4H3,(H,25,28). The largest absolute Gasteiger partial charge is 0.354 e. The van der Waals surface area contributed by atoms with Gasteiger partial charge in [-0.15, -0.1) is 0 Å². The van der Waals surface area contributed by atoms with Crippen LogP contribution in [-0.4, -0.2) is 29.3 Å². The SMILES string of the molecule is CCC(=O)N(Cc1cccc(C)c1)C(Cc1ccccc1)C(=O)NCC(C)C. The van der Waals surface area contributed by atoms with Gasteiger partial charge >= 0.3 is 0 Å². The van der Waals surface area contributed by atoms with Crippen molar-refractivity contribution in [2.75, 3.05) is 6.54 Å². The second-order valence-corrected chi connectivity index (χ2v) is 7.71. The zero-order valence-electron chi connectivity index (χ0n) is 17.4. The Labute approximate surface area is 169 Å². The van der Waals surface area contributed by atoms with E-state index in [9.17, 15) is 9.59 Å². The molecule has 2 aromatic rings. The van der Waals surface area contributed by atoms with Gasteiger partial charge in [0.15, 0.2) is 0 Å². The summed E-state index contributed by atoms with van der Waals surface area (Å²) in [6, 6.07) is 17.5. The van der Waals surface area contributed by atoms with Crippen LogP contribution in [-0.2, 0) is 22.6 Å². The molecular weight excluding hydrogens is 348 g/mol. The van der Waals surface area contributed by atoms with E-state index in [1.165, 1.54) is 0 Å². The third-order valence-corrected chi connectivity index (χ3v) is 4.69. The second-order valence-electron chi connectivity index (χ2n) is 7.71. The molecule has 0 fully saturated rings. The van der Waals surface area contributed by atoms with Gasteiger partial charge in [-0.1, -0.05) is 80.9 Å². The van der Waals surface area contributed by atoms with Gasteiger partial charge in [0.2, 0.25) is 11.8 Å². The molecule has 4 heteroatoms. The number of rotatable bonds is 9. The first-order valence-electron chi connectivity index (χ1n) is 10.1. The van der Waals surface area contributed by atoms with Crippen LogP contribution in [0.4, 0.5) is 0 Å². The average molecular weight is 381 g/mol. The molecule has 28 heavy (non-hydrogen) atoms. The first-order chi connectivity index (χ1) is 13.4. The van der Waals surface area contributed by atoms with E-state index in [4.69, 9.17) is 0 Å². The Balaban J connectivity index is 2.32. The first-order valence-corrected chi connectivity index (χ1v) is 10.1. The number of nitrogens with zero attached hydrogens (tertiary/aromatic N) is 1. The normalized spacial score (nSPS) is 11.9. The number of hydrogen-bond donors (Lipinski definition) is 1. The minimum Gasteiger partial charge on any atom is -0.354 e. The number of benzene rings is 2. The Hall–Kier alpha value is -2.62. The highest BCUT2D eigenvalue weighted by molar-refractivity contribution is 5.87. The molecule has 0 saturated heterocycles. The van der Waals surface area contributed by atoms with Gasteiger partial charge in [0.1, 0.15) is 6.04 Å². The lowest BCUT2D eigenvalue weighted by Crippen LogP contribution is -2.50. The fourth-order valence-corrected chi connectivity index (χ4v) is 3.19. The van der Waals surface area contributed by atoms with E-state index in [-0.39, 0.29) is 11.8 Å². The maximum absolute atomic E-state index is 13.1. The summed E-state index contributed by atoms with van der Waals surface area (Å²) in [5.74, 6) is 0.252. The van der Waals surface area contributed by atoms with Crippen LogP contribution in [0.5, 0.6) is 0 Å². The molecule has 1 unspecified atom stereocenters. The zero-order valence-corrected chi connectivity index (χ0v) is 17.4. The number of nitrogens with one attached hydrogen (secondary N) is 1. The average Bonchev–Trinajstić information content (AvgIpc) is 2.69. The van der Waals surface area contributed by atoms with Gasteiger partial charge in [0.25, 0.3) is 0 Å². The lowest BCUT2D eigenvalue weighted by Gasteiger charge is -2.31. The van der Waals surface area contributed by atoms with Crippen molar-refractivity contribution in [2.45, 2.75) is 53.1 Å². The van der Waals surface area contributed by atoms with Gasteiger partial charge in [-0.05, 0) is 24.0 Å². The predicted octanol–water partition coefficient (Wildman–Crippen LogP) is 4.12. The van der Waals surface area contributed by atoms with Crippen molar-refractivity contribution in [3.8, 4) is 0 Å². The lowest BCUT2D eigenvalue weighted by molar-refractivity contribution is -0.141. The number of hydrogen-bond acceptors (Lipinski definition) is 2. The Morgan fingerprint density at radius 2 is 1.68 bits per heavy atom. The van der Waals surface area contributed by atoms with Crippen LogP contribution in [0.15, 0.2) is 54.6 Å². The lowest BCUT2D eigenvalue weighted by atomic mass is 10.0. The van der Waals surface area contributed by atoms with Crippen molar-refractivity contribution in [2.24, 2.45) is 5.92 Å². The molecule has 0 aliphatic heterocycles. The molecule has 2 aromatic carbocycles. The molecule has 1 atom stereocenters. The van der Waals surface area contributed by atoms with Crippen molar-refractivity contribution in [1.29, 1.82) is 0 Å². The highest BCUT2D eigenvalue weighted by Crippen LogP contribution is 2.16. The summed E-state index contributed by atoms with van der Waals surface area (Å²) in [5, 5.41) is 3.03. The summed E-state index contributed by atoms with van der Waals surface area (Å²) in [4.78, 5) is 27.6. The van der Waals surface area contributed by atoms with Gasteiger partial charge in [0, 0.05) is 25.9 Å². The molecule has 0 heterocycles. The maximum Gasteiger partial charge on any atom is 0.243 e. The molecule has 1 N–H and O–H groups in total. The van der Waals surface area contributed by atoms with Crippen LogP contribution in [0.25, 0.3) is 0 Å². The number of carbonyl (C=O) groups is 2. The highest BCUT2D eigenvalue weighted by Gasteiger charge is 2.29. The smallest absolute Gasteiger partial charge is 0.243 e. The van der Waals surface area contributed by atoms with Gasteiger partial charge < -0.3 is 10.2 Å². The summed E-state index contributed by atoms with van der Waals surface area (Å²) >= 11 is 0. The van der Waals surface area contributed by atoms with Crippen LogP contribution < -0.4 is 5.32 Å². The number of amides is 2. The van der Waals surface area contributed by atoms with Gasteiger partial charge in [-0.2, -0.15) is 0 Å². The van der Waals surface area contributed by atoms with Crippen molar-refractivity contribution in [3.05, 3.63) is 71.3 Å². The topological polar surface area (TPSA) is 49.4 Å². The van der Waals surface area contributed by atoms with Crippen LogP contribution in [0, 0.1) is 12.8 Å². The maximum atomic E-state index is 13.1. The molecule has 2 rings (SSSR count). The van der Waals surface area contributed by atoms with Crippen LogP contribution in [0.1, 0.15) is 43.9 Å². The van der Waals surface area contributed by atoms with E-state index in [1.807, 2.05) is 62.4 Å². The molecule has 4 nitrogen and oxygen atoms in total. The minimum atomic E-state index is -0.533. The quantitative estimate of drug-likeness (QED) is 0.711. The minimum absolute atomic E-state index is 0.0119. The van der Waals surface area contributed by atoms with E-state index in [1.54, 1.807) is 4.90 Å². The van der Waals surface area contributed by atoms with E-state index < -0.39 is 6.04 Å². The van der Waals surface area contributed by atoms with Crippen LogP contribution in [0.3, 0.4) is 0 Å². The van der Waals surface area contributed by atoms with Gasteiger partial charge in [0.05, 0.1) is 0 Å². The second kappa shape index (κ2) is 10.6. The van der Waals surface area contributed by atoms with E-state index in [0.29, 0.717) is 31.8 Å². The van der Waals surface area contributed by atoms with Crippen molar-refractivity contribution in [1.82, 2.24) is 10.2 Å². The Morgan fingerprint density at radius 1 is 1.00 bits per heavy atom. The predicted molar refractivity (Wildman–Crippen MR) is 114 cm³/mol. The van der Waals surface area contributed by atoms with E-state index >= 15 is 0 Å². The first kappa shape index (κ1) is 21.7. The van der Waals surface area contributed by atoms with Crippen LogP contribution >= 0.6 is 0 Å². The molecule has 2 amide bonds. The fourth-order valence-electron chi connectivity index (χ4n) is 3.19. The highest BCUT2D eigenvalue weighted by atomic mass is 16.2. The van der Waals surface area contributed by atoms with Crippen molar-refractivity contribution < 1.29 is 9.59 Å². The summed E-state index contributed by atoms with van der Waals surface area (Å²) in [7, 11) is 0. The molecule has 0 aromatic heterocycles. The third kappa shape index (κ3) is 6.52. The zero-order chi connectivity index (χ0) is 20.5. The van der Waals surface area contributed by atoms with Crippen molar-refractivity contribution >= 4 is 11.8 Å². The monoisotopic (exact) mass is 380 g/mol. The Bertz CT molecular complexity index is 771. The molecule has 0 saturated carbocycles. The summed E-state index contributed by atoms with van der Waals surface area (Å²) in [6.07, 6.45) is 0.872. The molecule has 0 radical (unpaired) electrons. The fraction of sp³-hybridized carbons (Fsp3) is 0.417. The van der Waals surface area contributed by atoms with E-state index in [2.05, 4.69) is 25.2 Å². The summed E-state index contributed by atoms with van der Waals surface area (Å²) < 4.78 is 0. The summed E-state index contributed by atoms with van der Waals surface area (Å²) in [5.41, 5.74) is 3.23. The number of carbonyl (C=O) groups excluding carboxylic acids is 2. The summed E-state index contributed by atoms with van der Waals surface area (Å²) in [6.45, 7) is 9.04. The molecule has 150 valence electrons. The molecule has 0 spiro atoms. The molecule has 0 aliphatic rings. The third-order valence-electron chi connectivity index (χ3n) is 4.69. The molecular formula is C24H32N2O2. The Morgan fingerprint density at radius 3 is 2.29 bits per heavy atom.